The third-order valence-electron chi connectivity index (χ3n) is 1.85. The van der Waals surface area contributed by atoms with Gasteiger partial charge in [0.15, 0.2) is 17.1 Å². The van der Waals surface area contributed by atoms with Gasteiger partial charge in [0.1, 0.15) is 12.1 Å². The Labute approximate surface area is 84.9 Å². The lowest BCUT2D eigenvalue weighted by molar-refractivity contribution is 0.176. The highest BCUT2D eigenvalue weighted by Crippen LogP contribution is 2.23. The van der Waals surface area contributed by atoms with Crippen LogP contribution in [0.25, 0.3) is 0 Å². The molecule has 5 nitrogen and oxygen atoms in total. The average molecular weight is 214 g/mol. The third-order valence-corrected chi connectivity index (χ3v) is 2.06. The fourth-order valence-corrected chi connectivity index (χ4v) is 1.29. The number of aryl methyl sites for hydroxylation is 1. The van der Waals surface area contributed by atoms with Gasteiger partial charge in [0, 0.05) is 7.05 Å². The Kier molecular flexibility index (Phi) is 2.26. The van der Waals surface area contributed by atoms with E-state index in [1.54, 1.807) is 23.7 Å². The fourth-order valence-electron chi connectivity index (χ4n) is 1.14. The zero-order valence-electron chi connectivity index (χ0n) is 7.38. The number of aliphatic hydroxyl groups is 1. The monoisotopic (exact) mass is 213 g/mol. The van der Waals surface area contributed by atoms with Crippen molar-refractivity contribution in [3.63, 3.8) is 0 Å². The molecule has 0 saturated heterocycles. The lowest BCUT2D eigenvalue weighted by Crippen LogP contribution is -2.05. The number of aromatic nitrogens is 3. The van der Waals surface area contributed by atoms with E-state index in [0.29, 0.717) is 11.6 Å². The number of nitrogens with zero attached hydrogens (tertiary/aromatic N) is 3. The van der Waals surface area contributed by atoms with Crippen LogP contribution in [0.2, 0.25) is 5.22 Å². The number of furan rings is 1. The second-order valence-corrected chi connectivity index (χ2v) is 3.22. The summed E-state index contributed by atoms with van der Waals surface area (Å²) in [6.45, 7) is 0. The van der Waals surface area contributed by atoms with Crippen molar-refractivity contribution >= 4 is 11.6 Å². The van der Waals surface area contributed by atoms with Crippen LogP contribution >= 0.6 is 11.6 Å². The van der Waals surface area contributed by atoms with Crippen molar-refractivity contribution in [2.24, 2.45) is 7.05 Å². The summed E-state index contributed by atoms with van der Waals surface area (Å²) in [4.78, 5) is 0. The molecule has 0 saturated carbocycles. The van der Waals surface area contributed by atoms with Crippen molar-refractivity contribution in [1.82, 2.24) is 14.8 Å². The Hall–Kier alpha value is -1.33. The van der Waals surface area contributed by atoms with Gasteiger partial charge in [0.2, 0.25) is 0 Å². The van der Waals surface area contributed by atoms with Gasteiger partial charge in [-0.3, -0.25) is 0 Å². The standard InChI is InChI=1S/C8H8ClN3O2/c1-12-4-10-11-8(12)7(13)5-2-3-6(9)14-5/h2-4,7,13H,1H3. The van der Waals surface area contributed by atoms with Crippen LogP contribution in [0, 0.1) is 0 Å². The first-order valence-electron chi connectivity index (χ1n) is 3.95. The predicted molar refractivity (Wildman–Crippen MR) is 48.8 cm³/mol. The van der Waals surface area contributed by atoms with E-state index in [2.05, 4.69) is 10.2 Å². The highest BCUT2D eigenvalue weighted by Gasteiger charge is 2.18. The van der Waals surface area contributed by atoms with Gasteiger partial charge in [0.05, 0.1) is 0 Å². The topological polar surface area (TPSA) is 64.1 Å². The molecule has 2 aromatic rings. The van der Waals surface area contributed by atoms with E-state index in [1.165, 1.54) is 6.33 Å². The molecule has 6 heteroatoms. The van der Waals surface area contributed by atoms with Gasteiger partial charge in [0.25, 0.3) is 0 Å². The van der Waals surface area contributed by atoms with E-state index in [9.17, 15) is 5.11 Å². The molecule has 1 atom stereocenters. The summed E-state index contributed by atoms with van der Waals surface area (Å²) in [7, 11) is 1.74. The van der Waals surface area contributed by atoms with Crippen LogP contribution in [0.1, 0.15) is 17.7 Å². The summed E-state index contributed by atoms with van der Waals surface area (Å²) < 4.78 is 6.67. The molecule has 2 heterocycles. The summed E-state index contributed by atoms with van der Waals surface area (Å²) in [6, 6.07) is 3.16. The van der Waals surface area contributed by atoms with Gasteiger partial charge in [-0.2, -0.15) is 0 Å². The van der Waals surface area contributed by atoms with E-state index in [4.69, 9.17) is 16.0 Å². The summed E-state index contributed by atoms with van der Waals surface area (Å²) in [5.41, 5.74) is 0. The number of halogens is 1. The lowest BCUT2D eigenvalue weighted by Gasteiger charge is -2.05. The van der Waals surface area contributed by atoms with Crippen LogP contribution in [0.15, 0.2) is 22.9 Å². The van der Waals surface area contributed by atoms with Gasteiger partial charge in [-0.25, -0.2) is 0 Å². The number of hydrogen-bond donors (Lipinski definition) is 1. The smallest absolute Gasteiger partial charge is 0.193 e. The fraction of sp³-hybridized carbons (Fsp3) is 0.250. The van der Waals surface area contributed by atoms with Gasteiger partial charge in [-0.05, 0) is 23.7 Å². The van der Waals surface area contributed by atoms with Crippen LogP contribution < -0.4 is 0 Å². The number of rotatable bonds is 2. The Balaban J connectivity index is 2.33. The van der Waals surface area contributed by atoms with E-state index in [1.807, 2.05) is 0 Å². The zero-order valence-corrected chi connectivity index (χ0v) is 8.14. The van der Waals surface area contributed by atoms with E-state index in [-0.39, 0.29) is 5.22 Å². The molecule has 0 spiro atoms. The van der Waals surface area contributed by atoms with Crippen molar-refractivity contribution in [3.05, 3.63) is 35.3 Å². The third kappa shape index (κ3) is 1.51. The average Bonchev–Trinajstić information content (AvgIpc) is 2.73. The van der Waals surface area contributed by atoms with Crippen molar-refractivity contribution in [2.75, 3.05) is 0 Å². The summed E-state index contributed by atoms with van der Waals surface area (Å²) in [5.74, 6) is 0.766. The first kappa shape index (κ1) is 9.23. The molecular formula is C8H8ClN3O2. The number of hydrogen-bond acceptors (Lipinski definition) is 4. The molecule has 0 radical (unpaired) electrons. The number of aliphatic hydroxyl groups excluding tert-OH is 1. The normalized spacial score (nSPS) is 13.1. The largest absolute Gasteiger partial charge is 0.446 e. The van der Waals surface area contributed by atoms with Crippen molar-refractivity contribution in [3.8, 4) is 0 Å². The molecule has 0 fully saturated rings. The Morgan fingerprint density at radius 3 is 2.86 bits per heavy atom. The molecule has 2 rings (SSSR count). The highest BCUT2D eigenvalue weighted by atomic mass is 35.5. The summed E-state index contributed by atoms with van der Waals surface area (Å²) in [5, 5.41) is 17.5. The van der Waals surface area contributed by atoms with Gasteiger partial charge < -0.3 is 14.1 Å². The second-order valence-electron chi connectivity index (χ2n) is 2.84. The molecule has 14 heavy (non-hydrogen) atoms. The van der Waals surface area contributed by atoms with Crippen LogP contribution in [-0.2, 0) is 7.05 Å². The highest BCUT2D eigenvalue weighted by molar-refractivity contribution is 6.28. The molecule has 1 N–H and O–H groups in total. The van der Waals surface area contributed by atoms with Crippen molar-refractivity contribution in [2.45, 2.75) is 6.10 Å². The molecule has 2 aromatic heterocycles. The molecule has 0 aromatic carbocycles. The second kappa shape index (κ2) is 3.43. The van der Waals surface area contributed by atoms with E-state index < -0.39 is 6.10 Å². The molecule has 0 bridgehead atoms. The summed E-state index contributed by atoms with van der Waals surface area (Å²) >= 11 is 5.59. The van der Waals surface area contributed by atoms with Gasteiger partial charge >= 0.3 is 0 Å². The minimum absolute atomic E-state index is 0.237. The van der Waals surface area contributed by atoms with Crippen LogP contribution in [0.4, 0.5) is 0 Å². The molecule has 0 aliphatic heterocycles. The van der Waals surface area contributed by atoms with Gasteiger partial charge in [-0.15, -0.1) is 10.2 Å². The van der Waals surface area contributed by atoms with Crippen molar-refractivity contribution < 1.29 is 9.52 Å². The van der Waals surface area contributed by atoms with E-state index >= 15 is 0 Å². The van der Waals surface area contributed by atoms with Crippen molar-refractivity contribution in [1.29, 1.82) is 0 Å². The maximum atomic E-state index is 9.80. The maximum Gasteiger partial charge on any atom is 0.193 e. The molecule has 74 valence electrons. The minimum atomic E-state index is -0.935. The first-order chi connectivity index (χ1) is 6.68. The van der Waals surface area contributed by atoms with Crippen LogP contribution in [0.5, 0.6) is 0 Å². The predicted octanol–water partition coefficient (Wildman–Crippen LogP) is 1.14. The quantitative estimate of drug-likeness (QED) is 0.813. The van der Waals surface area contributed by atoms with Gasteiger partial charge in [-0.1, -0.05) is 0 Å². The zero-order chi connectivity index (χ0) is 10.1. The van der Waals surface area contributed by atoms with Crippen LogP contribution in [-0.4, -0.2) is 19.9 Å². The maximum absolute atomic E-state index is 9.80. The minimum Gasteiger partial charge on any atom is -0.446 e. The molecule has 1 unspecified atom stereocenters. The molecular weight excluding hydrogens is 206 g/mol. The molecule has 0 aliphatic rings. The van der Waals surface area contributed by atoms with E-state index in [0.717, 1.165) is 0 Å². The Bertz CT molecular complexity index is 437. The lowest BCUT2D eigenvalue weighted by atomic mass is 10.2. The SMILES string of the molecule is Cn1cnnc1C(O)c1ccc(Cl)o1. The Morgan fingerprint density at radius 2 is 2.36 bits per heavy atom. The summed E-state index contributed by atoms with van der Waals surface area (Å²) in [6.07, 6.45) is 0.568. The Morgan fingerprint density at radius 1 is 1.57 bits per heavy atom. The first-order valence-corrected chi connectivity index (χ1v) is 4.33. The molecule has 0 aliphatic carbocycles. The van der Waals surface area contributed by atoms with Crippen LogP contribution in [0.3, 0.4) is 0 Å². The molecule has 0 amide bonds.